The smallest absolute Gasteiger partial charge is 0.184 e. The third kappa shape index (κ3) is 3.64. The summed E-state index contributed by atoms with van der Waals surface area (Å²) in [6.45, 7) is 4.42. The Bertz CT molecular complexity index is 401. The Morgan fingerprint density at radius 2 is 2.18 bits per heavy atom. The summed E-state index contributed by atoms with van der Waals surface area (Å²) in [5.41, 5.74) is 0.990. The average Bonchev–Trinajstić information content (AvgIpc) is 2.37. The second kappa shape index (κ2) is 7.18. The van der Waals surface area contributed by atoms with E-state index in [1.165, 1.54) is 0 Å². The van der Waals surface area contributed by atoms with E-state index in [9.17, 15) is 0 Å². The molecule has 92 valence electrons. The average molecular weight is 298 g/mol. The lowest BCUT2D eigenvalue weighted by Crippen LogP contribution is -2.14. The SMILES string of the molecule is CCOc1cccc(CBr)c1OC(C#N)CC. The largest absolute Gasteiger partial charge is 0.490 e. The first-order valence-electron chi connectivity index (χ1n) is 5.63. The lowest BCUT2D eigenvalue weighted by atomic mass is 10.2. The highest BCUT2D eigenvalue weighted by molar-refractivity contribution is 9.08. The molecule has 1 atom stereocenters. The Morgan fingerprint density at radius 3 is 2.71 bits per heavy atom. The Kier molecular flexibility index (Phi) is 5.85. The van der Waals surface area contributed by atoms with Crippen molar-refractivity contribution in [3.05, 3.63) is 23.8 Å². The maximum atomic E-state index is 8.94. The van der Waals surface area contributed by atoms with Gasteiger partial charge in [0, 0.05) is 10.9 Å². The minimum atomic E-state index is -0.436. The van der Waals surface area contributed by atoms with Crippen LogP contribution in [-0.2, 0) is 5.33 Å². The van der Waals surface area contributed by atoms with Crippen molar-refractivity contribution in [3.8, 4) is 17.6 Å². The molecule has 0 fully saturated rings. The van der Waals surface area contributed by atoms with Crippen molar-refractivity contribution < 1.29 is 9.47 Å². The highest BCUT2D eigenvalue weighted by Gasteiger charge is 2.14. The monoisotopic (exact) mass is 297 g/mol. The van der Waals surface area contributed by atoms with Crippen LogP contribution < -0.4 is 9.47 Å². The van der Waals surface area contributed by atoms with Crippen LogP contribution in [0.5, 0.6) is 11.5 Å². The van der Waals surface area contributed by atoms with E-state index in [1.54, 1.807) is 0 Å². The Morgan fingerprint density at radius 1 is 1.41 bits per heavy atom. The predicted octanol–water partition coefficient (Wildman–Crippen LogP) is 3.66. The van der Waals surface area contributed by atoms with Gasteiger partial charge in [-0.05, 0) is 19.4 Å². The summed E-state index contributed by atoms with van der Waals surface area (Å²) in [5, 5.41) is 9.62. The van der Waals surface area contributed by atoms with E-state index in [4.69, 9.17) is 14.7 Å². The van der Waals surface area contributed by atoms with Crippen LogP contribution in [0.1, 0.15) is 25.8 Å². The van der Waals surface area contributed by atoms with Crippen LogP contribution >= 0.6 is 15.9 Å². The molecular weight excluding hydrogens is 282 g/mol. The lowest BCUT2D eigenvalue weighted by molar-refractivity contribution is 0.230. The molecule has 1 aromatic rings. The molecule has 0 aromatic heterocycles. The highest BCUT2D eigenvalue weighted by Crippen LogP contribution is 2.33. The van der Waals surface area contributed by atoms with E-state index in [-0.39, 0.29) is 0 Å². The molecule has 0 aliphatic carbocycles. The lowest BCUT2D eigenvalue weighted by Gasteiger charge is -2.17. The third-order valence-electron chi connectivity index (χ3n) is 2.28. The van der Waals surface area contributed by atoms with E-state index >= 15 is 0 Å². The van der Waals surface area contributed by atoms with Crippen molar-refractivity contribution in [1.82, 2.24) is 0 Å². The normalized spacial score (nSPS) is 11.6. The molecule has 1 aromatic carbocycles. The van der Waals surface area contributed by atoms with Crippen molar-refractivity contribution in [1.29, 1.82) is 5.26 Å². The van der Waals surface area contributed by atoms with Crippen molar-refractivity contribution in [2.75, 3.05) is 6.61 Å². The van der Waals surface area contributed by atoms with Gasteiger partial charge < -0.3 is 9.47 Å². The van der Waals surface area contributed by atoms with Gasteiger partial charge in [0.05, 0.1) is 6.61 Å². The van der Waals surface area contributed by atoms with Gasteiger partial charge in [-0.2, -0.15) is 5.26 Å². The summed E-state index contributed by atoms with van der Waals surface area (Å²) in [4.78, 5) is 0. The predicted molar refractivity (Wildman–Crippen MR) is 70.6 cm³/mol. The van der Waals surface area contributed by atoms with E-state index in [2.05, 4.69) is 22.0 Å². The zero-order valence-corrected chi connectivity index (χ0v) is 11.7. The first-order chi connectivity index (χ1) is 8.26. The van der Waals surface area contributed by atoms with Gasteiger partial charge >= 0.3 is 0 Å². The van der Waals surface area contributed by atoms with Gasteiger partial charge in [0.1, 0.15) is 6.07 Å². The van der Waals surface area contributed by atoms with Crippen LogP contribution in [0.15, 0.2) is 18.2 Å². The fourth-order valence-corrected chi connectivity index (χ4v) is 1.85. The number of alkyl halides is 1. The summed E-state index contributed by atoms with van der Waals surface area (Å²) >= 11 is 3.41. The molecule has 0 N–H and O–H groups in total. The van der Waals surface area contributed by atoms with E-state index in [0.717, 1.165) is 5.56 Å². The molecule has 0 spiro atoms. The Labute approximate surface area is 110 Å². The second-order valence-electron chi connectivity index (χ2n) is 3.45. The van der Waals surface area contributed by atoms with Crippen LogP contribution in [0, 0.1) is 11.3 Å². The topological polar surface area (TPSA) is 42.2 Å². The van der Waals surface area contributed by atoms with Crippen molar-refractivity contribution in [2.24, 2.45) is 0 Å². The molecule has 0 radical (unpaired) electrons. The van der Waals surface area contributed by atoms with Crippen LogP contribution in [-0.4, -0.2) is 12.7 Å². The summed E-state index contributed by atoms with van der Waals surface area (Å²) < 4.78 is 11.2. The van der Waals surface area contributed by atoms with Gasteiger partial charge in [0.15, 0.2) is 17.6 Å². The van der Waals surface area contributed by atoms with Crippen molar-refractivity contribution in [2.45, 2.75) is 31.7 Å². The van der Waals surface area contributed by atoms with Crippen LogP contribution in [0.25, 0.3) is 0 Å². The van der Waals surface area contributed by atoms with Gasteiger partial charge in [-0.25, -0.2) is 0 Å². The molecule has 1 unspecified atom stereocenters. The molecular formula is C13H16BrNO2. The summed E-state index contributed by atoms with van der Waals surface area (Å²) in [7, 11) is 0. The maximum Gasteiger partial charge on any atom is 0.184 e. The summed E-state index contributed by atoms with van der Waals surface area (Å²) in [6, 6.07) is 7.86. The fourth-order valence-electron chi connectivity index (χ4n) is 1.41. The number of rotatable bonds is 6. The molecule has 0 aliphatic rings. The van der Waals surface area contributed by atoms with Gasteiger partial charge in [0.2, 0.25) is 0 Å². The maximum absolute atomic E-state index is 8.94. The van der Waals surface area contributed by atoms with E-state index in [0.29, 0.717) is 29.9 Å². The second-order valence-corrected chi connectivity index (χ2v) is 4.02. The molecule has 1 rings (SSSR count). The van der Waals surface area contributed by atoms with Gasteiger partial charge in [-0.15, -0.1) is 0 Å². The molecule has 0 saturated heterocycles. The zero-order chi connectivity index (χ0) is 12.7. The van der Waals surface area contributed by atoms with Gasteiger partial charge in [-0.3, -0.25) is 0 Å². The first kappa shape index (κ1) is 13.9. The Balaban J connectivity index is 3.04. The number of nitriles is 1. The van der Waals surface area contributed by atoms with Crippen molar-refractivity contribution in [3.63, 3.8) is 0 Å². The number of halogens is 1. The summed E-state index contributed by atoms with van der Waals surface area (Å²) in [5.74, 6) is 1.36. The number of hydrogen-bond acceptors (Lipinski definition) is 3. The molecule has 0 amide bonds. The first-order valence-corrected chi connectivity index (χ1v) is 6.75. The number of nitrogens with zero attached hydrogens (tertiary/aromatic N) is 1. The number of hydrogen-bond donors (Lipinski definition) is 0. The van der Waals surface area contributed by atoms with Crippen molar-refractivity contribution >= 4 is 15.9 Å². The van der Waals surface area contributed by atoms with E-state index < -0.39 is 6.10 Å². The third-order valence-corrected chi connectivity index (χ3v) is 2.88. The fraction of sp³-hybridized carbons (Fsp3) is 0.462. The van der Waals surface area contributed by atoms with Crippen LogP contribution in [0.2, 0.25) is 0 Å². The van der Waals surface area contributed by atoms with Gasteiger partial charge in [-0.1, -0.05) is 35.0 Å². The van der Waals surface area contributed by atoms with Crippen LogP contribution in [0.4, 0.5) is 0 Å². The molecule has 0 aliphatic heterocycles. The standard InChI is InChI=1S/C13H16BrNO2/c1-3-11(9-15)17-13-10(8-14)6-5-7-12(13)16-4-2/h5-7,11H,3-4,8H2,1-2H3. The zero-order valence-electron chi connectivity index (χ0n) is 10.1. The summed E-state index contributed by atoms with van der Waals surface area (Å²) in [6.07, 6.45) is 0.216. The Hall–Kier alpha value is -1.21. The van der Waals surface area contributed by atoms with Gasteiger partial charge in [0.25, 0.3) is 0 Å². The molecule has 4 heteroatoms. The number of ether oxygens (including phenoxy) is 2. The van der Waals surface area contributed by atoms with Crippen LogP contribution in [0.3, 0.4) is 0 Å². The van der Waals surface area contributed by atoms with E-state index in [1.807, 2.05) is 32.0 Å². The molecule has 3 nitrogen and oxygen atoms in total. The molecule has 0 bridgehead atoms. The number of para-hydroxylation sites is 1. The number of benzene rings is 1. The molecule has 0 saturated carbocycles. The minimum absolute atomic E-state index is 0.436. The highest BCUT2D eigenvalue weighted by atomic mass is 79.9. The molecule has 0 heterocycles. The molecule has 17 heavy (non-hydrogen) atoms. The quantitative estimate of drug-likeness (QED) is 0.753. The minimum Gasteiger partial charge on any atom is -0.490 e.